The zero-order chi connectivity index (χ0) is 14.7. The van der Waals surface area contributed by atoms with E-state index < -0.39 is 6.17 Å². The zero-order valence-corrected chi connectivity index (χ0v) is 12.9. The van der Waals surface area contributed by atoms with Crippen molar-refractivity contribution in [2.45, 2.75) is 25.2 Å². The molecule has 1 aliphatic rings. The lowest BCUT2D eigenvalue weighted by atomic mass is 10.2. The Hall–Kier alpha value is -1.38. The molecule has 0 radical (unpaired) electrons. The SMILES string of the molecule is O=C(NC[C@@H]1C[C@H](F)CN1Cc1nccs1)c1cscn1. The maximum Gasteiger partial charge on any atom is 0.270 e. The summed E-state index contributed by atoms with van der Waals surface area (Å²) in [5, 5.41) is 7.43. The van der Waals surface area contributed by atoms with Crippen molar-refractivity contribution >= 4 is 28.6 Å². The van der Waals surface area contributed by atoms with Gasteiger partial charge >= 0.3 is 0 Å². The van der Waals surface area contributed by atoms with Crippen molar-refractivity contribution in [3.05, 3.63) is 33.2 Å². The number of hydrogen-bond donors (Lipinski definition) is 1. The van der Waals surface area contributed by atoms with Gasteiger partial charge in [0.05, 0.1) is 12.1 Å². The highest BCUT2D eigenvalue weighted by Gasteiger charge is 2.32. The quantitative estimate of drug-likeness (QED) is 0.912. The molecule has 1 N–H and O–H groups in total. The first-order valence-corrected chi connectivity index (χ1v) is 8.47. The number of amides is 1. The molecule has 0 bridgehead atoms. The molecule has 0 aliphatic carbocycles. The van der Waals surface area contributed by atoms with Gasteiger partial charge in [-0.2, -0.15) is 0 Å². The average Bonchev–Trinajstić information content (AvgIpc) is 3.18. The second-order valence-electron chi connectivity index (χ2n) is 4.93. The van der Waals surface area contributed by atoms with Crippen LogP contribution in [-0.2, 0) is 6.54 Å². The lowest BCUT2D eigenvalue weighted by molar-refractivity contribution is 0.0935. The third kappa shape index (κ3) is 3.63. The molecule has 1 fully saturated rings. The Balaban J connectivity index is 1.56. The normalized spacial score (nSPS) is 22.5. The van der Waals surface area contributed by atoms with Gasteiger partial charge in [-0.05, 0) is 6.42 Å². The van der Waals surface area contributed by atoms with Gasteiger partial charge < -0.3 is 5.32 Å². The van der Waals surface area contributed by atoms with Gasteiger partial charge in [-0.15, -0.1) is 22.7 Å². The number of nitrogens with one attached hydrogen (secondary N) is 1. The average molecular weight is 326 g/mol. The van der Waals surface area contributed by atoms with Crippen LogP contribution in [0.4, 0.5) is 4.39 Å². The van der Waals surface area contributed by atoms with Gasteiger partial charge in [0.25, 0.3) is 5.91 Å². The molecule has 2 aromatic rings. The van der Waals surface area contributed by atoms with E-state index in [0.29, 0.717) is 31.7 Å². The van der Waals surface area contributed by atoms with Crippen molar-refractivity contribution in [3.8, 4) is 0 Å². The van der Waals surface area contributed by atoms with Crippen molar-refractivity contribution in [1.29, 1.82) is 0 Å². The Morgan fingerprint density at radius 2 is 2.43 bits per heavy atom. The largest absolute Gasteiger partial charge is 0.349 e. The van der Waals surface area contributed by atoms with Crippen LogP contribution >= 0.6 is 22.7 Å². The van der Waals surface area contributed by atoms with Crippen LogP contribution in [0.3, 0.4) is 0 Å². The summed E-state index contributed by atoms with van der Waals surface area (Å²) in [7, 11) is 0. The number of alkyl halides is 1. The summed E-state index contributed by atoms with van der Waals surface area (Å²) >= 11 is 2.94. The zero-order valence-electron chi connectivity index (χ0n) is 11.2. The van der Waals surface area contributed by atoms with E-state index in [1.165, 1.54) is 11.3 Å². The first kappa shape index (κ1) is 14.6. The van der Waals surface area contributed by atoms with Gasteiger partial charge in [0.15, 0.2) is 0 Å². The Kier molecular flexibility index (Phi) is 4.57. The second kappa shape index (κ2) is 6.59. The fourth-order valence-corrected chi connectivity index (χ4v) is 3.63. The van der Waals surface area contributed by atoms with E-state index in [1.807, 2.05) is 10.3 Å². The Labute approximate surface area is 129 Å². The molecular formula is C13H15FN4OS2. The standard InChI is InChI=1S/C13H15FN4OS2/c14-9-3-10(4-16-13(19)11-7-20-8-17-11)18(5-9)6-12-15-1-2-21-12/h1-2,7-10H,3-6H2,(H,16,19)/t9-,10-/m0/s1. The number of hydrogen-bond acceptors (Lipinski definition) is 6. The van der Waals surface area contributed by atoms with Gasteiger partial charge in [0, 0.05) is 36.1 Å². The number of carbonyl (C=O) groups is 1. The second-order valence-corrected chi connectivity index (χ2v) is 6.62. The van der Waals surface area contributed by atoms with E-state index in [2.05, 4.69) is 15.3 Å². The minimum atomic E-state index is -0.842. The Morgan fingerprint density at radius 1 is 1.52 bits per heavy atom. The predicted molar refractivity (Wildman–Crippen MR) is 80.3 cm³/mol. The van der Waals surface area contributed by atoms with Crippen LogP contribution < -0.4 is 5.32 Å². The molecule has 3 rings (SSSR count). The molecule has 21 heavy (non-hydrogen) atoms. The number of likely N-dealkylation sites (tertiary alicyclic amines) is 1. The van der Waals surface area contributed by atoms with Crippen molar-refractivity contribution in [3.63, 3.8) is 0 Å². The fraction of sp³-hybridized carbons (Fsp3) is 0.462. The van der Waals surface area contributed by atoms with Crippen molar-refractivity contribution in [2.24, 2.45) is 0 Å². The molecular weight excluding hydrogens is 311 g/mol. The fourth-order valence-electron chi connectivity index (χ4n) is 2.46. The lowest BCUT2D eigenvalue weighted by Crippen LogP contribution is -2.39. The van der Waals surface area contributed by atoms with E-state index in [-0.39, 0.29) is 11.9 Å². The molecule has 8 heteroatoms. The van der Waals surface area contributed by atoms with Gasteiger partial charge in [-0.1, -0.05) is 0 Å². The van der Waals surface area contributed by atoms with Gasteiger partial charge in [0.2, 0.25) is 0 Å². The van der Waals surface area contributed by atoms with Crippen LogP contribution in [0.25, 0.3) is 0 Å². The summed E-state index contributed by atoms with van der Waals surface area (Å²) in [6.07, 6.45) is 1.36. The van der Waals surface area contributed by atoms with Crippen molar-refractivity contribution < 1.29 is 9.18 Å². The summed E-state index contributed by atoms with van der Waals surface area (Å²) in [6.45, 7) is 1.47. The number of thiazole rings is 2. The minimum absolute atomic E-state index is 0.00601. The number of halogens is 1. The first-order chi connectivity index (χ1) is 10.2. The Bertz CT molecular complexity index is 575. The highest BCUT2D eigenvalue weighted by molar-refractivity contribution is 7.09. The third-order valence-corrected chi connectivity index (χ3v) is 4.81. The molecule has 1 saturated heterocycles. The molecule has 2 aromatic heterocycles. The van der Waals surface area contributed by atoms with E-state index in [9.17, 15) is 9.18 Å². The molecule has 2 atom stereocenters. The summed E-state index contributed by atoms with van der Waals surface area (Å²) in [5.41, 5.74) is 2.04. The van der Waals surface area contributed by atoms with Crippen LogP contribution in [-0.4, -0.2) is 46.1 Å². The summed E-state index contributed by atoms with van der Waals surface area (Å²) < 4.78 is 13.7. The molecule has 0 unspecified atom stereocenters. The first-order valence-electron chi connectivity index (χ1n) is 6.65. The summed E-state index contributed by atoms with van der Waals surface area (Å²) in [5.74, 6) is -0.201. The summed E-state index contributed by atoms with van der Waals surface area (Å²) in [4.78, 5) is 22.1. The number of carbonyl (C=O) groups excluding carboxylic acids is 1. The van der Waals surface area contributed by atoms with Gasteiger partial charge in [-0.3, -0.25) is 9.69 Å². The van der Waals surface area contributed by atoms with Crippen LogP contribution in [0, 0.1) is 0 Å². The Morgan fingerprint density at radius 3 is 3.14 bits per heavy atom. The molecule has 0 spiro atoms. The van der Waals surface area contributed by atoms with Crippen LogP contribution in [0.15, 0.2) is 22.5 Å². The lowest BCUT2D eigenvalue weighted by Gasteiger charge is -2.23. The number of aromatic nitrogens is 2. The van der Waals surface area contributed by atoms with Crippen LogP contribution in [0.5, 0.6) is 0 Å². The van der Waals surface area contributed by atoms with E-state index in [1.54, 1.807) is 28.4 Å². The third-order valence-electron chi connectivity index (χ3n) is 3.46. The molecule has 112 valence electrons. The van der Waals surface area contributed by atoms with Crippen molar-refractivity contribution in [2.75, 3.05) is 13.1 Å². The predicted octanol–water partition coefficient (Wildman–Crippen LogP) is 1.94. The molecule has 5 nitrogen and oxygen atoms in total. The number of nitrogens with zero attached hydrogens (tertiary/aromatic N) is 3. The molecule has 0 saturated carbocycles. The monoisotopic (exact) mass is 326 g/mol. The molecule has 1 amide bonds. The van der Waals surface area contributed by atoms with Gasteiger partial charge in [-0.25, -0.2) is 14.4 Å². The molecule has 0 aromatic carbocycles. The smallest absolute Gasteiger partial charge is 0.270 e. The maximum absolute atomic E-state index is 13.7. The van der Waals surface area contributed by atoms with E-state index in [4.69, 9.17) is 0 Å². The number of rotatable bonds is 5. The minimum Gasteiger partial charge on any atom is -0.349 e. The molecule has 3 heterocycles. The van der Waals surface area contributed by atoms with E-state index >= 15 is 0 Å². The maximum atomic E-state index is 13.7. The van der Waals surface area contributed by atoms with Crippen LogP contribution in [0.2, 0.25) is 0 Å². The highest BCUT2D eigenvalue weighted by Crippen LogP contribution is 2.23. The van der Waals surface area contributed by atoms with Crippen molar-refractivity contribution in [1.82, 2.24) is 20.2 Å². The topological polar surface area (TPSA) is 58.1 Å². The van der Waals surface area contributed by atoms with E-state index in [0.717, 1.165) is 5.01 Å². The summed E-state index contributed by atoms with van der Waals surface area (Å²) in [6, 6.07) is 0.00601. The van der Waals surface area contributed by atoms with Crippen LogP contribution in [0.1, 0.15) is 21.9 Å². The molecule has 1 aliphatic heterocycles. The van der Waals surface area contributed by atoms with Gasteiger partial charge in [0.1, 0.15) is 16.9 Å². The highest BCUT2D eigenvalue weighted by atomic mass is 32.1.